The van der Waals surface area contributed by atoms with Gasteiger partial charge < -0.3 is 14.6 Å². The lowest BCUT2D eigenvalue weighted by Crippen LogP contribution is -2.42. The molecule has 4 heteroatoms. The quantitative estimate of drug-likeness (QED) is 0.765. The first-order chi connectivity index (χ1) is 7.87. The average molecular weight is 244 g/mol. The number of aliphatic hydroxyl groups is 1. The van der Waals surface area contributed by atoms with Gasteiger partial charge in [-0.3, -0.25) is 4.79 Å². The summed E-state index contributed by atoms with van der Waals surface area (Å²) in [6.07, 6.45) is 0.934. The number of hydrogen-bond donors (Lipinski definition) is 1. The van der Waals surface area contributed by atoms with Crippen molar-refractivity contribution in [3.63, 3.8) is 0 Å². The Bertz CT molecular complexity index is 262. The highest BCUT2D eigenvalue weighted by molar-refractivity contribution is 5.72. The van der Waals surface area contributed by atoms with Crippen molar-refractivity contribution >= 4 is 5.97 Å². The molecule has 0 amide bonds. The van der Waals surface area contributed by atoms with Crippen LogP contribution in [0, 0.1) is 11.8 Å². The van der Waals surface area contributed by atoms with Crippen LogP contribution in [0.4, 0.5) is 0 Å². The van der Waals surface area contributed by atoms with Crippen molar-refractivity contribution in [3.05, 3.63) is 0 Å². The standard InChI is InChI=1S/C13H24O4/c1-5-16-12(15)9(2)11(14)10-6-7-17-13(3,4)8-10/h9-11,14H,5-8H2,1-4H3/t9-,10-,11-/m1/s1. The van der Waals surface area contributed by atoms with E-state index in [0.29, 0.717) is 13.2 Å². The predicted molar refractivity (Wildman–Crippen MR) is 64.6 cm³/mol. The summed E-state index contributed by atoms with van der Waals surface area (Å²) in [7, 11) is 0. The van der Waals surface area contributed by atoms with E-state index >= 15 is 0 Å². The van der Waals surface area contributed by atoms with Gasteiger partial charge in [0.15, 0.2) is 0 Å². The second kappa shape index (κ2) is 5.83. The Morgan fingerprint density at radius 1 is 1.59 bits per heavy atom. The van der Waals surface area contributed by atoms with Crippen LogP contribution in [0.5, 0.6) is 0 Å². The minimum Gasteiger partial charge on any atom is -0.466 e. The number of rotatable bonds is 4. The number of aliphatic hydroxyl groups excluding tert-OH is 1. The Morgan fingerprint density at radius 3 is 2.76 bits per heavy atom. The lowest BCUT2D eigenvalue weighted by Gasteiger charge is -2.38. The molecular weight excluding hydrogens is 220 g/mol. The minimum atomic E-state index is -0.641. The zero-order valence-electron chi connectivity index (χ0n) is 11.2. The van der Waals surface area contributed by atoms with Crippen molar-refractivity contribution in [2.75, 3.05) is 13.2 Å². The van der Waals surface area contributed by atoms with E-state index < -0.39 is 12.0 Å². The second-order valence-corrected chi connectivity index (χ2v) is 5.39. The predicted octanol–water partition coefficient (Wildman–Crippen LogP) is 1.75. The fraction of sp³-hybridized carbons (Fsp3) is 0.923. The third kappa shape index (κ3) is 3.96. The van der Waals surface area contributed by atoms with Crippen molar-refractivity contribution < 1.29 is 19.4 Å². The number of carbonyl (C=O) groups is 1. The normalized spacial score (nSPS) is 27.2. The van der Waals surface area contributed by atoms with E-state index in [0.717, 1.165) is 12.8 Å². The molecule has 17 heavy (non-hydrogen) atoms. The smallest absolute Gasteiger partial charge is 0.311 e. The Kier molecular flexibility index (Phi) is 4.95. The van der Waals surface area contributed by atoms with Crippen LogP contribution in [0.25, 0.3) is 0 Å². The number of hydrogen-bond acceptors (Lipinski definition) is 4. The van der Waals surface area contributed by atoms with Gasteiger partial charge in [-0.25, -0.2) is 0 Å². The fourth-order valence-corrected chi connectivity index (χ4v) is 2.39. The van der Waals surface area contributed by atoms with E-state index in [-0.39, 0.29) is 17.5 Å². The molecule has 0 unspecified atom stereocenters. The van der Waals surface area contributed by atoms with Gasteiger partial charge in [0.05, 0.1) is 24.2 Å². The molecule has 0 saturated carbocycles. The van der Waals surface area contributed by atoms with Crippen LogP contribution in [0.2, 0.25) is 0 Å². The summed E-state index contributed by atoms with van der Waals surface area (Å²) in [5, 5.41) is 10.2. The molecule has 1 N–H and O–H groups in total. The van der Waals surface area contributed by atoms with Crippen LogP contribution >= 0.6 is 0 Å². The Hall–Kier alpha value is -0.610. The van der Waals surface area contributed by atoms with Gasteiger partial charge in [0.25, 0.3) is 0 Å². The van der Waals surface area contributed by atoms with Gasteiger partial charge in [0.1, 0.15) is 0 Å². The second-order valence-electron chi connectivity index (χ2n) is 5.39. The van der Waals surface area contributed by atoms with Crippen LogP contribution in [0.3, 0.4) is 0 Å². The van der Waals surface area contributed by atoms with Crippen molar-refractivity contribution in [1.29, 1.82) is 0 Å². The molecule has 0 aliphatic carbocycles. The molecule has 0 aromatic heterocycles. The van der Waals surface area contributed by atoms with Crippen molar-refractivity contribution in [3.8, 4) is 0 Å². The highest BCUT2D eigenvalue weighted by Crippen LogP contribution is 2.33. The van der Waals surface area contributed by atoms with E-state index in [1.807, 2.05) is 13.8 Å². The third-order valence-electron chi connectivity index (χ3n) is 3.39. The topological polar surface area (TPSA) is 55.8 Å². The molecular formula is C13H24O4. The number of carbonyl (C=O) groups excluding carboxylic acids is 1. The zero-order chi connectivity index (χ0) is 13.1. The molecule has 1 aliphatic heterocycles. The molecule has 0 spiro atoms. The first-order valence-electron chi connectivity index (χ1n) is 6.36. The van der Waals surface area contributed by atoms with Gasteiger partial charge >= 0.3 is 5.97 Å². The first kappa shape index (κ1) is 14.5. The molecule has 1 aliphatic rings. The van der Waals surface area contributed by atoms with E-state index in [1.54, 1.807) is 13.8 Å². The summed E-state index contributed by atoms with van der Waals surface area (Å²) in [5.74, 6) is -0.670. The summed E-state index contributed by atoms with van der Waals surface area (Å²) in [6.45, 7) is 8.53. The number of ether oxygens (including phenoxy) is 2. The van der Waals surface area contributed by atoms with E-state index in [1.165, 1.54) is 0 Å². The molecule has 0 radical (unpaired) electrons. The number of esters is 1. The summed E-state index contributed by atoms with van der Waals surface area (Å²) in [5.41, 5.74) is -0.210. The van der Waals surface area contributed by atoms with Crippen LogP contribution in [0.15, 0.2) is 0 Å². The maximum Gasteiger partial charge on any atom is 0.311 e. The first-order valence-corrected chi connectivity index (χ1v) is 6.36. The SMILES string of the molecule is CCOC(=O)[C@H](C)[C@@H](O)[C@@H]1CCOC(C)(C)C1. The lowest BCUT2D eigenvalue weighted by atomic mass is 9.80. The highest BCUT2D eigenvalue weighted by atomic mass is 16.5. The highest BCUT2D eigenvalue weighted by Gasteiger charge is 2.37. The summed E-state index contributed by atoms with van der Waals surface area (Å²) in [6, 6.07) is 0. The molecule has 0 aromatic rings. The molecule has 3 atom stereocenters. The van der Waals surface area contributed by atoms with E-state index in [4.69, 9.17) is 9.47 Å². The van der Waals surface area contributed by atoms with Gasteiger partial charge in [-0.2, -0.15) is 0 Å². The Morgan fingerprint density at radius 2 is 2.24 bits per heavy atom. The van der Waals surface area contributed by atoms with Crippen molar-refractivity contribution in [2.24, 2.45) is 11.8 Å². The van der Waals surface area contributed by atoms with Crippen molar-refractivity contribution in [2.45, 2.75) is 52.2 Å². The van der Waals surface area contributed by atoms with Gasteiger partial charge in [-0.05, 0) is 46.5 Å². The van der Waals surface area contributed by atoms with Crippen LogP contribution < -0.4 is 0 Å². The van der Waals surface area contributed by atoms with Crippen LogP contribution in [0.1, 0.15) is 40.5 Å². The average Bonchev–Trinajstić information content (AvgIpc) is 2.26. The lowest BCUT2D eigenvalue weighted by molar-refractivity contribution is -0.156. The molecule has 100 valence electrons. The van der Waals surface area contributed by atoms with Gasteiger partial charge in [0, 0.05) is 6.61 Å². The molecule has 4 nitrogen and oxygen atoms in total. The Balaban J connectivity index is 2.56. The molecule has 1 fully saturated rings. The summed E-state index contributed by atoms with van der Waals surface area (Å²) < 4.78 is 10.5. The van der Waals surface area contributed by atoms with E-state index in [9.17, 15) is 9.90 Å². The van der Waals surface area contributed by atoms with Gasteiger partial charge in [-0.15, -0.1) is 0 Å². The minimum absolute atomic E-state index is 0.109. The molecule has 0 bridgehead atoms. The molecule has 1 saturated heterocycles. The monoisotopic (exact) mass is 244 g/mol. The van der Waals surface area contributed by atoms with E-state index in [2.05, 4.69) is 0 Å². The maximum atomic E-state index is 11.6. The maximum absolute atomic E-state index is 11.6. The van der Waals surface area contributed by atoms with Gasteiger partial charge in [-0.1, -0.05) is 0 Å². The molecule has 1 rings (SSSR count). The van der Waals surface area contributed by atoms with Crippen LogP contribution in [-0.4, -0.2) is 36.0 Å². The summed E-state index contributed by atoms with van der Waals surface area (Å²) in [4.78, 5) is 11.6. The zero-order valence-corrected chi connectivity index (χ0v) is 11.2. The third-order valence-corrected chi connectivity index (χ3v) is 3.39. The van der Waals surface area contributed by atoms with Crippen molar-refractivity contribution in [1.82, 2.24) is 0 Å². The van der Waals surface area contributed by atoms with Gasteiger partial charge in [0.2, 0.25) is 0 Å². The Labute approximate surface area is 103 Å². The fourth-order valence-electron chi connectivity index (χ4n) is 2.39. The molecule has 0 aromatic carbocycles. The largest absolute Gasteiger partial charge is 0.466 e. The molecule has 1 heterocycles. The van der Waals surface area contributed by atoms with Crippen LogP contribution in [-0.2, 0) is 14.3 Å². The summed E-state index contributed by atoms with van der Waals surface area (Å²) >= 11 is 0.